The molecule has 0 radical (unpaired) electrons. The second-order valence-electron chi connectivity index (χ2n) is 4.65. The summed E-state index contributed by atoms with van der Waals surface area (Å²) >= 11 is 3.48. The van der Waals surface area contributed by atoms with Crippen LogP contribution >= 0.6 is 15.9 Å². The lowest BCUT2D eigenvalue weighted by Crippen LogP contribution is -2.13. The lowest BCUT2D eigenvalue weighted by Gasteiger charge is -2.12. The molecule has 0 unspecified atom stereocenters. The summed E-state index contributed by atoms with van der Waals surface area (Å²) in [6.07, 6.45) is 0.816. The number of hydrogen-bond acceptors (Lipinski definition) is 6. The molecule has 1 aromatic carbocycles. The first kappa shape index (κ1) is 14.1. The third-order valence-electron chi connectivity index (χ3n) is 3.39. The van der Waals surface area contributed by atoms with Gasteiger partial charge in [-0.1, -0.05) is 6.92 Å². The van der Waals surface area contributed by atoms with Gasteiger partial charge in [-0.3, -0.25) is 0 Å². The third kappa shape index (κ3) is 2.43. The Morgan fingerprint density at radius 3 is 2.86 bits per heavy atom. The Kier molecular flexibility index (Phi) is 3.69. The molecule has 0 bridgehead atoms. The van der Waals surface area contributed by atoms with Crippen molar-refractivity contribution in [2.75, 3.05) is 12.2 Å². The Bertz CT molecular complexity index is 706. The molecule has 3 rings (SSSR count). The van der Waals surface area contributed by atoms with Crippen LogP contribution in [0.2, 0.25) is 0 Å². The number of fused-ring (bicyclic) bond motifs is 1. The molecule has 1 aromatic heterocycles. The van der Waals surface area contributed by atoms with E-state index in [0.717, 1.165) is 27.7 Å². The number of anilines is 1. The second kappa shape index (κ2) is 5.50. The highest BCUT2D eigenvalue weighted by Crippen LogP contribution is 2.42. The van der Waals surface area contributed by atoms with Crippen molar-refractivity contribution in [3.63, 3.8) is 0 Å². The predicted octanol–water partition coefficient (Wildman–Crippen LogP) is 2.79. The number of aryl methyl sites for hydroxylation is 1. The zero-order chi connectivity index (χ0) is 15.0. The Morgan fingerprint density at radius 2 is 2.14 bits per heavy atom. The van der Waals surface area contributed by atoms with Crippen LogP contribution in [0.1, 0.15) is 18.2 Å². The van der Waals surface area contributed by atoms with E-state index in [2.05, 4.69) is 31.3 Å². The van der Waals surface area contributed by atoms with Gasteiger partial charge in [0.2, 0.25) is 6.79 Å². The second-order valence-corrected chi connectivity index (χ2v) is 5.50. The van der Waals surface area contributed by atoms with Crippen LogP contribution in [-0.2, 0) is 6.42 Å². The van der Waals surface area contributed by atoms with Crippen molar-refractivity contribution >= 4 is 21.7 Å². The van der Waals surface area contributed by atoms with Crippen LogP contribution in [0, 0.1) is 6.92 Å². The smallest absolute Gasteiger partial charge is 0.231 e. The number of hydrogen-bond donors (Lipinski definition) is 2. The third-order valence-corrected chi connectivity index (χ3v) is 3.98. The molecule has 110 valence electrons. The molecule has 0 saturated heterocycles. The first-order chi connectivity index (χ1) is 10.1. The summed E-state index contributed by atoms with van der Waals surface area (Å²) in [7, 11) is 0. The summed E-state index contributed by atoms with van der Waals surface area (Å²) in [6, 6.07) is 3.78. The van der Waals surface area contributed by atoms with Gasteiger partial charge in [0.1, 0.15) is 5.82 Å². The molecule has 7 heteroatoms. The zero-order valence-corrected chi connectivity index (χ0v) is 13.3. The minimum absolute atomic E-state index is 0.224. The maximum Gasteiger partial charge on any atom is 0.231 e. The minimum atomic E-state index is 0.224. The normalized spacial score (nSPS) is 12.6. The van der Waals surface area contributed by atoms with Crippen molar-refractivity contribution in [1.29, 1.82) is 0 Å². The molecule has 0 atom stereocenters. The van der Waals surface area contributed by atoms with E-state index in [1.54, 1.807) is 0 Å². The van der Waals surface area contributed by atoms with Crippen molar-refractivity contribution in [3.8, 4) is 22.9 Å². The predicted molar refractivity (Wildman–Crippen MR) is 83.2 cm³/mol. The minimum Gasteiger partial charge on any atom is -0.454 e. The van der Waals surface area contributed by atoms with Crippen molar-refractivity contribution in [1.82, 2.24) is 9.97 Å². The Balaban J connectivity index is 2.13. The van der Waals surface area contributed by atoms with E-state index in [1.807, 2.05) is 26.0 Å². The highest BCUT2D eigenvalue weighted by molar-refractivity contribution is 9.10. The molecule has 0 spiro atoms. The standard InChI is InChI=1S/C14H15BrN4O2/c1-3-9-7(2)17-13(18-14(9)19-16)8-4-10(15)12-11(5-8)20-6-21-12/h4-5H,3,6,16H2,1-2H3,(H,17,18,19). The van der Waals surface area contributed by atoms with E-state index in [9.17, 15) is 0 Å². The molecule has 2 aromatic rings. The Hall–Kier alpha value is -1.86. The highest BCUT2D eigenvalue weighted by atomic mass is 79.9. The maximum absolute atomic E-state index is 5.57. The summed E-state index contributed by atoms with van der Waals surface area (Å²) in [6.45, 7) is 4.22. The molecular weight excluding hydrogens is 336 g/mol. The Morgan fingerprint density at radius 1 is 1.33 bits per heavy atom. The summed E-state index contributed by atoms with van der Waals surface area (Å²) in [5.41, 5.74) is 5.41. The van der Waals surface area contributed by atoms with Crippen LogP contribution in [-0.4, -0.2) is 16.8 Å². The van der Waals surface area contributed by atoms with E-state index in [4.69, 9.17) is 15.3 Å². The van der Waals surface area contributed by atoms with Gasteiger partial charge in [-0.05, 0) is 41.4 Å². The Labute approximate surface area is 130 Å². The molecule has 0 saturated carbocycles. The van der Waals surface area contributed by atoms with E-state index >= 15 is 0 Å². The maximum atomic E-state index is 5.57. The number of aromatic nitrogens is 2. The van der Waals surface area contributed by atoms with E-state index in [-0.39, 0.29) is 6.79 Å². The number of nitrogens with one attached hydrogen (secondary N) is 1. The number of nitrogens with zero attached hydrogens (tertiary/aromatic N) is 2. The molecule has 21 heavy (non-hydrogen) atoms. The van der Waals surface area contributed by atoms with Crippen LogP contribution in [0.3, 0.4) is 0 Å². The van der Waals surface area contributed by atoms with Gasteiger partial charge in [0.05, 0.1) is 4.47 Å². The fourth-order valence-electron chi connectivity index (χ4n) is 2.36. The summed E-state index contributed by atoms with van der Waals surface area (Å²) in [5.74, 6) is 8.20. The molecule has 1 aliphatic rings. The topological polar surface area (TPSA) is 82.3 Å². The summed E-state index contributed by atoms with van der Waals surface area (Å²) in [5, 5.41) is 0. The van der Waals surface area contributed by atoms with Crippen molar-refractivity contribution < 1.29 is 9.47 Å². The SMILES string of the molecule is CCc1c(C)nc(-c2cc(Br)c3c(c2)OCO3)nc1NN. The van der Waals surface area contributed by atoms with Gasteiger partial charge in [-0.25, -0.2) is 15.8 Å². The average molecular weight is 351 g/mol. The molecule has 0 aliphatic carbocycles. The van der Waals surface area contributed by atoms with Gasteiger partial charge in [0, 0.05) is 16.8 Å². The van der Waals surface area contributed by atoms with E-state index < -0.39 is 0 Å². The molecule has 0 fully saturated rings. The van der Waals surface area contributed by atoms with E-state index in [1.165, 1.54) is 0 Å². The van der Waals surface area contributed by atoms with Gasteiger partial charge in [0.15, 0.2) is 17.3 Å². The number of benzene rings is 1. The number of ether oxygens (including phenoxy) is 2. The van der Waals surface area contributed by atoms with Crippen molar-refractivity contribution in [3.05, 3.63) is 27.9 Å². The molecule has 6 nitrogen and oxygen atoms in total. The molecule has 2 heterocycles. The zero-order valence-electron chi connectivity index (χ0n) is 11.7. The number of nitrogens with two attached hydrogens (primary N) is 1. The summed E-state index contributed by atoms with van der Waals surface area (Å²) in [4.78, 5) is 9.06. The lowest BCUT2D eigenvalue weighted by atomic mass is 10.1. The van der Waals surface area contributed by atoms with Crippen molar-refractivity contribution in [2.45, 2.75) is 20.3 Å². The molecule has 3 N–H and O–H groups in total. The first-order valence-corrected chi connectivity index (χ1v) is 7.37. The fraction of sp³-hybridized carbons (Fsp3) is 0.286. The molecule has 0 amide bonds. The van der Waals surface area contributed by atoms with Crippen LogP contribution in [0.25, 0.3) is 11.4 Å². The fourth-order valence-corrected chi connectivity index (χ4v) is 2.92. The van der Waals surface area contributed by atoms with Crippen LogP contribution in [0.4, 0.5) is 5.82 Å². The molecular formula is C14H15BrN4O2. The first-order valence-electron chi connectivity index (χ1n) is 6.57. The summed E-state index contributed by atoms with van der Waals surface area (Å²) < 4.78 is 11.6. The number of nitrogen functional groups attached to an aromatic ring is 1. The van der Waals surface area contributed by atoms with Gasteiger partial charge >= 0.3 is 0 Å². The van der Waals surface area contributed by atoms with Gasteiger partial charge in [-0.15, -0.1) is 0 Å². The van der Waals surface area contributed by atoms with Gasteiger partial charge < -0.3 is 14.9 Å². The van der Waals surface area contributed by atoms with Gasteiger partial charge in [0.25, 0.3) is 0 Å². The van der Waals surface area contributed by atoms with Crippen LogP contribution in [0.15, 0.2) is 16.6 Å². The van der Waals surface area contributed by atoms with Crippen molar-refractivity contribution in [2.24, 2.45) is 5.84 Å². The monoisotopic (exact) mass is 350 g/mol. The quantitative estimate of drug-likeness (QED) is 0.654. The lowest BCUT2D eigenvalue weighted by molar-refractivity contribution is 0.173. The highest BCUT2D eigenvalue weighted by Gasteiger charge is 2.20. The van der Waals surface area contributed by atoms with Crippen LogP contribution < -0.4 is 20.7 Å². The largest absolute Gasteiger partial charge is 0.454 e. The molecule has 1 aliphatic heterocycles. The van der Waals surface area contributed by atoms with Crippen LogP contribution in [0.5, 0.6) is 11.5 Å². The van der Waals surface area contributed by atoms with Gasteiger partial charge in [-0.2, -0.15) is 0 Å². The number of halogens is 1. The number of hydrazine groups is 1. The van der Waals surface area contributed by atoms with E-state index in [0.29, 0.717) is 23.1 Å². The number of rotatable bonds is 3. The average Bonchev–Trinajstić information content (AvgIpc) is 2.95.